The fraction of sp³-hybridized carbons (Fsp3) is 0. The molecular formula is C8H8NO3+. The Balaban J connectivity index is 2.83. The second kappa shape index (κ2) is 3.52. The molecule has 62 valence electrons. The summed E-state index contributed by atoms with van der Waals surface area (Å²) in [7, 11) is 0. The number of hydrogen-bond acceptors (Lipinski definition) is 2. The quantitative estimate of drug-likeness (QED) is 0.377. The van der Waals surface area contributed by atoms with Crippen molar-refractivity contribution in [3.8, 4) is 0 Å². The van der Waals surface area contributed by atoms with E-state index in [1.165, 1.54) is 18.5 Å². The minimum atomic E-state index is -1.01. The maximum atomic E-state index is 10.1. The van der Waals surface area contributed by atoms with E-state index in [0.717, 1.165) is 10.8 Å². The molecule has 0 saturated heterocycles. The Kier molecular flexibility index (Phi) is 2.42. The van der Waals surface area contributed by atoms with Gasteiger partial charge in [-0.05, 0) is 12.1 Å². The highest BCUT2D eigenvalue weighted by molar-refractivity contribution is 5.85. The number of carboxylic acids is 1. The van der Waals surface area contributed by atoms with E-state index < -0.39 is 5.97 Å². The van der Waals surface area contributed by atoms with Gasteiger partial charge in [0.25, 0.3) is 0 Å². The molecule has 4 nitrogen and oxygen atoms in total. The van der Waals surface area contributed by atoms with E-state index in [1.54, 1.807) is 12.1 Å². The molecule has 0 fully saturated rings. The van der Waals surface area contributed by atoms with E-state index in [9.17, 15) is 4.79 Å². The highest BCUT2D eigenvalue weighted by Crippen LogP contribution is 1.96. The van der Waals surface area contributed by atoms with Crippen LogP contribution in [0.15, 0.2) is 30.6 Å². The van der Waals surface area contributed by atoms with Crippen LogP contribution in [0, 0.1) is 0 Å². The molecular weight excluding hydrogens is 158 g/mol. The summed E-state index contributed by atoms with van der Waals surface area (Å²) in [4.78, 5) is 10.1. The number of nitrogens with zero attached hydrogens (tertiary/aromatic N) is 1. The third kappa shape index (κ3) is 2.42. The van der Waals surface area contributed by atoms with Crippen molar-refractivity contribution in [2.24, 2.45) is 0 Å². The second-order valence-electron chi connectivity index (χ2n) is 2.19. The fourth-order valence-corrected chi connectivity index (χ4v) is 0.747. The van der Waals surface area contributed by atoms with Crippen LogP contribution < -0.4 is 4.73 Å². The summed E-state index contributed by atoms with van der Waals surface area (Å²) in [5.74, 6) is -1.01. The van der Waals surface area contributed by atoms with Crippen molar-refractivity contribution in [1.82, 2.24) is 0 Å². The third-order valence-electron chi connectivity index (χ3n) is 1.23. The number of pyridine rings is 1. The Labute approximate surface area is 69.0 Å². The molecule has 1 aromatic heterocycles. The summed E-state index contributed by atoms with van der Waals surface area (Å²) in [6.45, 7) is 0. The van der Waals surface area contributed by atoms with Crippen LogP contribution in [0.5, 0.6) is 0 Å². The summed E-state index contributed by atoms with van der Waals surface area (Å²) >= 11 is 0. The molecule has 0 aliphatic carbocycles. The Hall–Kier alpha value is -1.84. The molecule has 12 heavy (non-hydrogen) atoms. The van der Waals surface area contributed by atoms with Crippen LogP contribution in [-0.4, -0.2) is 16.3 Å². The van der Waals surface area contributed by atoms with E-state index >= 15 is 0 Å². The van der Waals surface area contributed by atoms with Crippen LogP contribution in [0.3, 0.4) is 0 Å². The average molecular weight is 166 g/mol. The van der Waals surface area contributed by atoms with Crippen molar-refractivity contribution in [2.45, 2.75) is 0 Å². The lowest BCUT2D eigenvalue weighted by molar-refractivity contribution is -0.904. The van der Waals surface area contributed by atoms with E-state index in [0.29, 0.717) is 5.56 Å². The number of aliphatic carboxylic acids is 1. The van der Waals surface area contributed by atoms with Crippen LogP contribution in [-0.2, 0) is 4.79 Å². The van der Waals surface area contributed by atoms with Gasteiger partial charge in [0.2, 0.25) is 12.4 Å². The van der Waals surface area contributed by atoms with Gasteiger partial charge in [0, 0.05) is 22.4 Å². The van der Waals surface area contributed by atoms with Crippen molar-refractivity contribution in [2.75, 3.05) is 0 Å². The van der Waals surface area contributed by atoms with Gasteiger partial charge in [-0.2, -0.15) is 0 Å². The number of aromatic nitrogens is 1. The first kappa shape index (κ1) is 8.26. The highest BCUT2D eigenvalue weighted by atomic mass is 16.5. The molecule has 0 aromatic carbocycles. The van der Waals surface area contributed by atoms with Gasteiger partial charge < -0.3 is 5.11 Å². The Morgan fingerprint density at radius 2 is 2.33 bits per heavy atom. The highest BCUT2D eigenvalue weighted by Gasteiger charge is 1.96. The molecule has 0 unspecified atom stereocenters. The minimum absolute atomic E-state index is 0.627. The summed E-state index contributed by atoms with van der Waals surface area (Å²) in [6.07, 6.45) is 5.25. The van der Waals surface area contributed by atoms with E-state index in [-0.39, 0.29) is 0 Å². The van der Waals surface area contributed by atoms with Gasteiger partial charge in [0.1, 0.15) is 0 Å². The molecule has 0 aliphatic heterocycles. The van der Waals surface area contributed by atoms with Gasteiger partial charge in [-0.1, -0.05) is 0 Å². The number of carboxylic acid groups (broad SMARTS) is 1. The largest absolute Gasteiger partial charge is 0.478 e. The maximum absolute atomic E-state index is 10.1. The van der Waals surface area contributed by atoms with Gasteiger partial charge in [-0.3, -0.25) is 5.21 Å². The fourth-order valence-electron chi connectivity index (χ4n) is 0.747. The standard InChI is InChI=1S/C8H7NO3/c10-8(11)4-3-7-2-1-5-9(12)6-7/h1-6H,(H-,10,11,12)/p+1/b4-3+. The van der Waals surface area contributed by atoms with Crippen LogP contribution in [0.25, 0.3) is 6.08 Å². The van der Waals surface area contributed by atoms with Crippen LogP contribution in [0.4, 0.5) is 0 Å². The van der Waals surface area contributed by atoms with Gasteiger partial charge in [0.05, 0.1) is 0 Å². The molecule has 0 atom stereocenters. The lowest BCUT2D eigenvalue weighted by atomic mass is 10.2. The van der Waals surface area contributed by atoms with Crippen LogP contribution >= 0.6 is 0 Å². The molecule has 0 spiro atoms. The van der Waals surface area contributed by atoms with Crippen molar-refractivity contribution < 1.29 is 19.8 Å². The number of carbonyl (C=O) groups is 1. The first-order valence-corrected chi connectivity index (χ1v) is 3.30. The predicted molar refractivity (Wildman–Crippen MR) is 40.5 cm³/mol. The minimum Gasteiger partial charge on any atom is -0.478 e. The molecule has 0 saturated carbocycles. The van der Waals surface area contributed by atoms with E-state index in [4.69, 9.17) is 10.3 Å². The maximum Gasteiger partial charge on any atom is 0.328 e. The van der Waals surface area contributed by atoms with Crippen molar-refractivity contribution in [3.05, 3.63) is 36.2 Å². The molecule has 1 rings (SSSR count). The average Bonchev–Trinajstić information content (AvgIpc) is 2.01. The van der Waals surface area contributed by atoms with Gasteiger partial charge in [0.15, 0.2) is 0 Å². The second-order valence-corrected chi connectivity index (χ2v) is 2.19. The molecule has 0 bridgehead atoms. The van der Waals surface area contributed by atoms with E-state index in [1.807, 2.05) is 0 Å². The van der Waals surface area contributed by atoms with Crippen molar-refractivity contribution in [1.29, 1.82) is 0 Å². The number of rotatable bonds is 2. The number of hydrogen-bond donors (Lipinski definition) is 2. The molecule has 4 heteroatoms. The van der Waals surface area contributed by atoms with Crippen molar-refractivity contribution in [3.63, 3.8) is 0 Å². The van der Waals surface area contributed by atoms with Crippen molar-refractivity contribution >= 4 is 12.0 Å². The molecule has 1 heterocycles. The zero-order valence-electron chi connectivity index (χ0n) is 6.21. The molecule has 0 aliphatic rings. The smallest absolute Gasteiger partial charge is 0.328 e. The lowest BCUT2D eigenvalue weighted by Crippen LogP contribution is -2.28. The Morgan fingerprint density at radius 3 is 2.92 bits per heavy atom. The van der Waals surface area contributed by atoms with Crippen LogP contribution in [0.1, 0.15) is 5.56 Å². The molecule has 1 aromatic rings. The lowest BCUT2D eigenvalue weighted by Gasteiger charge is -1.86. The van der Waals surface area contributed by atoms with E-state index in [2.05, 4.69) is 0 Å². The first-order valence-electron chi connectivity index (χ1n) is 3.30. The Morgan fingerprint density at radius 1 is 1.58 bits per heavy atom. The Bertz CT molecular complexity index is 320. The molecule has 0 radical (unpaired) electrons. The molecule has 2 N–H and O–H groups in total. The first-order chi connectivity index (χ1) is 5.68. The summed E-state index contributed by atoms with van der Waals surface area (Å²) in [6, 6.07) is 3.30. The predicted octanol–water partition coefficient (Wildman–Crippen LogP) is 0.309. The van der Waals surface area contributed by atoms with Gasteiger partial charge >= 0.3 is 5.97 Å². The van der Waals surface area contributed by atoms with Gasteiger partial charge in [-0.25, -0.2) is 4.79 Å². The summed E-state index contributed by atoms with van der Waals surface area (Å²) in [5.41, 5.74) is 0.627. The summed E-state index contributed by atoms with van der Waals surface area (Å²) in [5, 5.41) is 17.2. The normalized spacial score (nSPS) is 10.3. The van der Waals surface area contributed by atoms with Gasteiger partial charge in [-0.15, -0.1) is 0 Å². The van der Waals surface area contributed by atoms with Crippen LogP contribution in [0.2, 0.25) is 0 Å². The third-order valence-corrected chi connectivity index (χ3v) is 1.23. The SMILES string of the molecule is O=C(O)/C=C/c1ccc[n+](O)c1. The zero-order chi connectivity index (χ0) is 8.97. The zero-order valence-corrected chi connectivity index (χ0v) is 6.21. The molecule has 0 amide bonds. The monoisotopic (exact) mass is 166 g/mol. The topological polar surface area (TPSA) is 61.4 Å². The summed E-state index contributed by atoms with van der Waals surface area (Å²) < 4.78 is 0.863.